The number of tetrazole rings is 2. The van der Waals surface area contributed by atoms with Gasteiger partial charge in [0.1, 0.15) is 0 Å². The molecule has 0 saturated heterocycles. The van der Waals surface area contributed by atoms with Crippen molar-refractivity contribution in [3.63, 3.8) is 0 Å². The molecule has 3 aromatic rings. The Bertz CT molecular complexity index is 871. The van der Waals surface area contributed by atoms with Gasteiger partial charge in [-0.15, -0.1) is 20.4 Å². The number of alkyl halides is 2. The van der Waals surface area contributed by atoms with E-state index in [0.29, 0.717) is 11.6 Å². The van der Waals surface area contributed by atoms with Crippen LogP contribution in [0, 0.1) is 0 Å². The molecule has 2 heterocycles. The maximum atomic E-state index is 4.58. The van der Waals surface area contributed by atoms with Gasteiger partial charge in [-0.3, -0.25) is 0 Å². The first-order chi connectivity index (χ1) is 16.8. The van der Waals surface area contributed by atoms with Crippen molar-refractivity contribution < 1.29 is 0 Å². The minimum atomic E-state index is 0.638. The molecule has 1 aromatic carbocycles. The quantitative estimate of drug-likeness (QED) is 0.0856. The second-order valence-electron chi connectivity index (χ2n) is 8.62. The van der Waals surface area contributed by atoms with Crippen molar-refractivity contribution in [2.45, 2.75) is 90.1 Å². The maximum Gasteiger partial charge on any atom is 0.204 e. The van der Waals surface area contributed by atoms with E-state index in [4.69, 9.17) is 0 Å². The fourth-order valence-corrected chi connectivity index (χ4v) is 4.89. The van der Waals surface area contributed by atoms with Gasteiger partial charge in [0.15, 0.2) is 0 Å². The van der Waals surface area contributed by atoms with Crippen LogP contribution in [0.4, 0.5) is 0 Å². The molecule has 0 fully saturated rings. The first-order valence-electron chi connectivity index (χ1n) is 12.6. The molecule has 0 N–H and O–H groups in total. The number of halogens is 2. The Kier molecular flexibility index (Phi) is 13.3. The van der Waals surface area contributed by atoms with E-state index in [1.165, 1.54) is 73.1 Å². The van der Waals surface area contributed by atoms with E-state index >= 15 is 0 Å². The summed E-state index contributed by atoms with van der Waals surface area (Å²) in [5.74, 6) is 1.28. The molecule has 10 heteroatoms. The van der Waals surface area contributed by atoms with Crippen LogP contribution in [0.1, 0.15) is 77.0 Å². The summed E-state index contributed by atoms with van der Waals surface area (Å²) in [7, 11) is 0. The topological polar surface area (TPSA) is 87.2 Å². The predicted octanol–water partition coefficient (Wildman–Crippen LogP) is 6.54. The van der Waals surface area contributed by atoms with E-state index in [0.717, 1.165) is 37.1 Å². The Morgan fingerprint density at radius 1 is 0.559 bits per heavy atom. The molecule has 0 spiro atoms. The summed E-state index contributed by atoms with van der Waals surface area (Å²) in [5.41, 5.74) is 1.84. The molecule has 0 bridgehead atoms. The van der Waals surface area contributed by atoms with Gasteiger partial charge in [-0.1, -0.05) is 115 Å². The molecule has 0 amide bonds. The van der Waals surface area contributed by atoms with Crippen molar-refractivity contribution >= 4 is 45.2 Å². The molecule has 0 radical (unpaired) electrons. The highest BCUT2D eigenvalue weighted by atomic mass is 127. The highest BCUT2D eigenvalue weighted by molar-refractivity contribution is 14.1. The number of aryl methyl sites for hydroxylation is 2. The lowest BCUT2D eigenvalue weighted by Gasteiger charge is -2.01. The van der Waals surface area contributed by atoms with Crippen LogP contribution in [0.25, 0.3) is 22.8 Å². The van der Waals surface area contributed by atoms with Crippen LogP contribution in [-0.4, -0.2) is 49.3 Å². The van der Waals surface area contributed by atoms with Crippen molar-refractivity contribution in [3.05, 3.63) is 24.3 Å². The van der Waals surface area contributed by atoms with E-state index in [2.05, 4.69) is 76.0 Å². The second kappa shape index (κ2) is 16.5. The van der Waals surface area contributed by atoms with E-state index in [-0.39, 0.29) is 0 Å². The Hall–Kier alpha value is -1.18. The third kappa shape index (κ3) is 9.82. The van der Waals surface area contributed by atoms with Crippen molar-refractivity contribution in [1.29, 1.82) is 0 Å². The van der Waals surface area contributed by atoms with Gasteiger partial charge in [0.2, 0.25) is 11.6 Å². The van der Waals surface area contributed by atoms with Gasteiger partial charge in [0.25, 0.3) is 0 Å². The molecule has 0 saturated carbocycles. The average molecular weight is 690 g/mol. The van der Waals surface area contributed by atoms with Gasteiger partial charge in [-0.05, 0) is 51.0 Å². The zero-order chi connectivity index (χ0) is 23.8. The molecule has 34 heavy (non-hydrogen) atoms. The lowest BCUT2D eigenvalue weighted by Crippen LogP contribution is -2.02. The summed E-state index contributed by atoms with van der Waals surface area (Å²) in [6.45, 7) is 1.63. The molecule has 186 valence electrons. The normalized spacial score (nSPS) is 11.4. The molecule has 0 aliphatic rings. The molecule has 0 atom stereocenters. The van der Waals surface area contributed by atoms with Crippen molar-refractivity contribution in [1.82, 2.24) is 40.4 Å². The number of hydrogen-bond acceptors (Lipinski definition) is 6. The largest absolute Gasteiger partial charge is 0.204 e. The SMILES string of the molecule is ICCCCCCCCn1nnc(-c2cccc(-c3nnn(CCCCCCCCI)n3)c2)n1. The third-order valence-electron chi connectivity index (χ3n) is 5.77. The summed E-state index contributed by atoms with van der Waals surface area (Å²) < 4.78 is 2.52. The summed E-state index contributed by atoms with van der Waals surface area (Å²) in [6.07, 6.45) is 15.2. The molecular formula is C24H36I2N8. The highest BCUT2D eigenvalue weighted by Crippen LogP contribution is 2.21. The Labute approximate surface area is 230 Å². The van der Waals surface area contributed by atoms with Crippen LogP contribution >= 0.6 is 45.2 Å². The van der Waals surface area contributed by atoms with Crippen LogP contribution in [0.2, 0.25) is 0 Å². The molecule has 0 unspecified atom stereocenters. The second-order valence-corrected chi connectivity index (χ2v) is 10.8. The Morgan fingerprint density at radius 2 is 0.971 bits per heavy atom. The minimum absolute atomic E-state index is 0.638. The maximum absolute atomic E-state index is 4.58. The van der Waals surface area contributed by atoms with Gasteiger partial charge in [-0.2, -0.15) is 9.59 Å². The number of benzene rings is 1. The van der Waals surface area contributed by atoms with Crippen LogP contribution in [0.15, 0.2) is 24.3 Å². The zero-order valence-electron chi connectivity index (χ0n) is 20.0. The molecule has 8 nitrogen and oxygen atoms in total. The van der Waals surface area contributed by atoms with Crippen molar-refractivity contribution in [2.75, 3.05) is 8.86 Å². The lowest BCUT2D eigenvalue weighted by atomic mass is 10.1. The number of unbranched alkanes of at least 4 members (excludes halogenated alkanes) is 10. The van der Waals surface area contributed by atoms with Gasteiger partial charge < -0.3 is 0 Å². The fraction of sp³-hybridized carbons (Fsp3) is 0.667. The standard InChI is InChI=1S/C24H36I2N8/c25-16-9-5-1-3-7-11-18-33-29-23(27-31-33)21-14-13-15-22(20-21)24-28-32-34(30-24)19-12-8-4-2-6-10-17-26/h13-15,20H,1-12,16-19H2. The number of hydrogen-bond donors (Lipinski definition) is 0. The Morgan fingerprint density at radius 3 is 1.41 bits per heavy atom. The van der Waals surface area contributed by atoms with Crippen LogP contribution < -0.4 is 0 Å². The average Bonchev–Trinajstić information content (AvgIpc) is 3.53. The van der Waals surface area contributed by atoms with Crippen molar-refractivity contribution in [2.24, 2.45) is 0 Å². The monoisotopic (exact) mass is 690 g/mol. The highest BCUT2D eigenvalue weighted by Gasteiger charge is 2.11. The van der Waals surface area contributed by atoms with Crippen LogP contribution in [-0.2, 0) is 13.1 Å². The first kappa shape index (κ1) is 27.4. The fourth-order valence-electron chi connectivity index (χ4n) is 3.81. The summed E-state index contributed by atoms with van der Waals surface area (Å²) in [6, 6.07) is 8.00. The van der Waals surface area contributed by atoms with E-state index in [1.54, 1.807) is 9.59 Å². The molecular weight excluding hydrogens is 654 g/mol. The molecule has 0 aliphatic carbocycles. The summed E-state index contributed by atoms with van der Waals surface area (Å²) in [5, 5.41) is 26.1. The van der Waals surface area contributed by atoms with Gasteiger partial charge >= 0.3 is 0 Å². The Balaban J connectivity index is 1.45. The summed E-state index contributed by atoms with van der Waals surface area (Å²) >= 11 is 4.90. The van der Waals surface area contributed by atoms with Gasteiger partial charge in [-0.25, -0.2) is 0 Å². The van der Waals surface area contributed by atoms with E-state index < -0.39 is 0 Å². The molecule has 2 aromatic heterocycles. The predicted molar refractivity (Wildman–Crippen MR) is 153 cm³/mol. The van der Waals surface area contributed by atoms with Crippen LogP contribution in [0.5, 0.6) is 0 Å². The number of rotatable bonds is 18. The first-order valence-corrected chi connectivity index (χ1v) is 15.6. The van der Waals surface area contributed by atoms with Gasteiger partial charge in [0.05, 0.1) is 13.1 Å². The van der Waals surface area contributed by atoms with Crippen LogP contribution in [0.3, 0.4) is 0 Å². The van der Waals surface area contributed by atoms with Gasteiger partial charge in [0, 0.05) is 11.1 Å². The number of aromatic nitrogens is 8. The molecule has 3 rings (SSSR count). The smallest absolute Gasteiger partial charge is 0.164 e. The zero-order valence-corrected chi connectivity index (χ0v) is 24.3. The third-order valence-corrected chi connectivity index (χ3v) is 7.29. The van der Waals surface area contributed by atoms with E-state index in [1.807, 2.05) is 24.3 Å². The minimum Gasteiger partial charge on any atom is -0.164 e. The summed E-state index contributed by atoms with van der Waals surface area (Å²) in [4.78, 5) is 3.42. The lowest BCUT2D eigenvalue weighted by molar-refractivity contribution is 0.475. The van der Waals surface area contributed by atoms with E-state index in [9.17, 15) is 0 Å². The number of nitrogens with zero attached hydrogens (tertiary/aromatic N) is 8. The van der Waals surface area contributed by atoms with Crippen molar-refractivity contribution in [3.8, 4) is 22.8 Å². The molecule has 0 aliphatic heterocycles.